The molecule has 3 rings (SSSR count). The van der Waals surface area contributed by atoms with E-state index in [1.54, 1.807) is 0 Å². The molecule has 0 amide bonds. The maximum absolute atomic E-state index is 13.3. The highest BCUT2D eigenvalue weighted by Crippen LogP contribution is 2.34. The van der Waals surface area contributed by atoms with E-state index in [1.165, 1.54) is 12.1 Å². The van der Waals surface area contributed by atoms with Crippen LogP contribution >= 0.6 is 28.1 Å². The zero-order chi connectivity index (χ0) is 18.6. The topological polar surface area (TPSA) is 46.2 Å². The highest BCUT2D eigenvalue weighted by atomic mass is 79.9. The molecule has 1 fully saturated rings. The average molecular weight is 438 g/mol. The smallest absolute Gasteiger partial charge is 0.171 e. The number of aryl methyl sites for hydroxylation is 1. The van der Waals surface area contributed by atoms with E-state index in [0.29, 0.717) is 30.7 Å². The van der Waals surface area contributed by atoms with Crippen molar-refractivity contribution in [1.29, 1.82) is 0 Å². The Balaban J connectivity index is 1.68. The molecule has 0 unspecified atom stereocenters. The molecule has 4 nitrogen and oxygen atoms in total. The van der Waals surface area contributed by atoms with Crippen molar-refractivity contribution in [3.05, 3.63) is 57.9 Å². The van der Waals surface area contributed by atoms with Gasteiger partial charge in [0.05, 0.1) is 5.69 Å². The molecule has 0 radical (unpaired) electrons. The van der Waals surface area contributed by atoms with Gasteiger partial charge in [-0.3, -0.25) is 0 Å². The van der Waals surface area contributed by atoms with Crippen LogP contribution in [0, 0.1) is 12.7 Å². The molecule has 0 aliphatic carbocycles. The van der Waals surface area contributed by atoms with Crippen LogP contribution in [0.4, 0.5) is 10.2 Å². The number of thiocarbonyl (C=S) groups is 1. The molecule has 0 bridgehead atoms. The average Bonchev–Trinajstić information content (AvgIpc) is 2.64. The second-order valence-corrected chi connectivity index (χ2v) is 7.73. The SMILES string of the molecule is Cc1nc(NC(=S)NCC2(c3ccc(F)cc3)CCOCC2)ccc1Br. The number of nitrogens with zero attached hydrogens (tertiary/aromatic N) is 1. The van der Waals surface area contributed by atoms with E-state index in [1.807, 2.05) is 31.2 Å². The van der Waals surface area contributed by atoms with Crippen LogP contribution in [0.3, 0.4) is 0 Å². The lowest BCUT2D eigenvalue weighted by Gasteiger charge is -2.38. The van der Waals surface area contributed by atoms with Gasteiger partial charge < -0.3 is 15.4 Å². The number of hydrogen-bond donors (Lipinski definition) is 2. The third kappa shape index (κ3) is 4.58. The molecule has 0 atom stereocenters. The number of pyridine rings is 1. The van der Waals surface area contributed by atoms with Crippen LogP contribution in [-0.4, -0.2) is 29.9 Å². The van der Waals surface area contributed by atoms with E-state index in [0.717, 1.165) is 28.6 Å². The molecule has 2 N–H and O–H groups in total. The molecular formula is C19H21BrFN3OS. The number of aromatic nitrogens is 1. The van der Waals surface area contributed by atoms with Gasteiger partial charge in [-0.25, -0.2) is 9.37 Å². The third-order valence-corrected chi connectivity index (χ3v) is 5.84. The molecule has 7 heteroatoms. The minimum atomic E-state index is -0.224. The van der Waals surface area contributed by atoms with Crippen molar-refractivity contribution >= 4 is 39.1 Å². The summed E-state index contributed by atoms with van der Waals surface area (Å²) in [5.74, 6) is 0.476. The quantitative estimate of drug-likeness (QED) is 0.697. The first-order chi connectivity index (χ1) is 12.5. The molecule has 1 saturated heterocycles. The fourth-order valence-electron chi connectivity index (χ4n) is 3.16. The first-order valence-corrected chi connectivity index (χ1v) is 9.70. The molecular weight excluding hydrogens is 417 g/mol. The Morgan fingerprint density at radius 3 is 2.58 bits per heavy atom. The van der Waals surface area contributed by atoms with E-state index >= 15 is 0 Å². The van der Waals surface area contributed by atoms with Crippen LogP contribution in [-0.2, 0) is 10.2 Å². The summed E-state index contributed by atoms with van der Waals surface area (Å²) in [6, 6.07) is 10.5. The van der Waals surface area contributed by atoms with Crippen molar-refractivity contribution in [2.45, 2.75) is 25.2 Å². The Bertz CT molecular complexity index is 779. The van der Waals surface area contributed by atoms with Gasteiger partial charge in [-0.05, 0) is 77.7 Å². The predicted octanol–water partition coefficient (Wildman–Crippen LogP) is 4.33. The lowest BCUT2D eigenvalue weighted by atomic mass is 9.74. The van der Waals surface area contributed by atoms with Gasteiger partial charge in [0, 0.05) is 29.6 Å². The maximum atomic E-state index is 13.3. The normalized spacial score (nSPS) is 16.1. The molecule has 1 aliphatic rings. The Hall–Kier alpha value is -1.57. The molecule has 0 saturated carbocycles. The molecule has 1 aromatic heterocycles. The summed E-state index contributed by atoms with van der Waals surface area (Å²) in [6.07, 6.45) is 1.73. The van der Waals surface area contributed by atoms with E-state index in [2.05, 4.69) is 31.5 Å². The van der Waals surface area contributed by atoms with Crippen molar-refractivity contribution in [3.63, 3.8) is 0 Å². The lowest BCUT2D eigenvalue weighted by molar-refractivity contribution is 0.0515. The van der Waals surface area contributed by atoms with Crippen molar-refractivity contribution in [3.8, 4) is 0 Å². The first-order valence-electron chi connectivity index (χ1n) is 8.50. The lowest BCUT2D eigenvalue weighted by Crippen LogP contribution is -2.45. The van der Waals surface area contributed by atoms with Gasteiger partial charge >= 0.3 is 0 Å². The summed E-state index contributed by atoms with van der Waals surface area (Å²) >= 11 is 8.87. The second-order valence-electron chi connectivity index (χ2n) is 6.47. The van der Waals surface area contributed by atoms with Crippen LogP contribution in [0.5, 0.6) is 0 Å². The van der Waals surface area contributed by atoms with Crippen LogP contribution < -0.4 is 10.6 Å². The summed E-state index contributed by atoms with van der Waals surface area (Å²) in [7, 11) is 0. The van der Waals surface area contributed by atoms with Gasteiger partial charge in [0.2, 0.25) is 0 Å². The predicted molar refractivity (Wildman–Crippen MR) is 109 cm³/mol. The van der Waals surface area contributed by atoms with Crippen LogP contribution in [0.15, 0.2) is 40.9 Å². The fourth-order valence-corrected chi connectivity index (χ4v) is 3.55. The molecule has 2 heterocycles. The number of nitrogens with one attached hydrogen (secondary N) is 2. The Kier molecular flexibility index (Phi) is 6.21. The van der Waals surface area contributed by atoms with Gasteiger partial charge in [-0.1, -0.05) is 12.1 Å². The second kappa shape index (κ2) is 8.41. The monoisotopic (exact) mass is 437 g/mol. The van der Waals surface area contributed by atoms with Crippen LogP contribution in [0.25, 0.3) is 0 Å². The van der Waals surface area contributed by atoms with Gasteiger partial charge in [0.25, 0.3) is 0 Å². The Labute approximate surface area is 166 Å². The summed E-state index contributed by atoms with van der Waals surface area (Å²) in [5, 5.41) is 6.95. The highest BCUT2D eigenvalue weighted by molar-refractivity contribution is 9.10. The fraction of sp³-hybridized carbons (Fsp3) is 0.368. The standard InChI is InChI=1S/C19H21BrFN3OS/c1-13-16(20)6-7-17(23-13)24-18(26)22-12-19(8-10-25-11-9-19)14-2-4-15(21)5-3-14/h2-7H,8-12H2,1H3,(H2,22,23,24,26). The van der Waals surface area contributed by atoms with Crippen molar-refractivity contribution < 1.29 is 9.13 Å². The zero-order valence-corrected chi connectivity index (χ0v) is 16.9. The number of benzene rings is 1. The third-order valence-electron chi connectivity index (χ3n) is 4.76. The molecule has 0 spiro atoms. The molecule has 26 heavy (non-hydrogen) atoms. The zero-order valence-electron chi connectivity index (χ0n) is 14.5. The summed E-state index contributed by atoms with van der Waals surface area (Å²) in [4.78, 5) is 4.45. The minimum Gasteiger partial charge on any atom is -0.381 e. The molecule has 1 aromatic carbocycles. The van der Waals surface area contributed by atoms with Gasteiger partial charge in [-0.15, -0.1) is 0 Å². The highest BCUT2D eigenvalue weighted by Gasteiger charge is 2.34. The van der Waals surface area contributed by atoms with Crippen molar-refractivity contribution in [1.82, 2.24) is 10.3 Å². The minimum absolute atomic E-state index is 0.124. The Morgan fingerprint density at radius 1 is 1.23 bits per heavy atom. The van der Waals surface area contributed by atoms with E-state index in [9.17, 15) is 4.39 Å². The number of ether oxygens (including phenoxy) is 1. The van der Waals surface area contributed by atoms with Crippen molar-refractivity contribution in [2.75, 3.05) is 25.1 Å². The van der Waals surface area contributed by atoms with E-state index in [4.69, 9.17) is 17.0 Å². The Morgan fingerprint density at radius 2 is 1.92 bits per heavy atom. The summed E-state index contributed by atoms with van der Waals surface area (Å²) < 4.78 is 19.8. The van der Waals surface area contributed by atoms with Crippen LogP contribution in [0.1, 0.15) is 24.1 Å². The van der Waals surface area contributed by atoms with E-state index in [-0.39, 0.29) is 11.2 Å². The first kappa shape index (κ1) is 19.2. The molecule has 1 aliphatic heterocycles. The summed E-state index contributed by atoms with van der Waals surface area (Å²) in [5.41, 5.74) is 1.88. The largest absolute Gasteiger partial charge is 0.381 e. The van der Waals surface area contributed by atoms with Crippen LogP contribution in [0.2, 0.25) is 0 Å². The molecule has 2 aromatic rings. The number of anilines is 1. The maximum Gasteiger partial charge on any atom is 0.171 e. The van der Waals surface area contributed by atoms with Gasteiger partial charge in [-0.2, -0.15) is 0 Å². The summed E-state index contributed by atoms with van der Waals surface area (Å²) in [6.45, 7) is 3.96. The van der Waals surface area contributed by atoms with Crippen molar-refractivity contribution in [2.24, 2.45) is 0 Å². The molecule has 138 valence electrons. The number of rotatable bonds is 4. The number of hydrogen-bond acceptors (Lipinski definition) is 3. The van der Waals surface area contributed by atoms with E-state index < -0.39 is 0 Å². The van der Waals surface area contributed by atoms with Gasteiger partial charge in [0.1, 0.15) is 11.6 Å². The van der Waals surface area contributed by atoms with Gasteiger partial charge in [0.15, 0.2) is 5.11 Å². The number of halogens is 2.